The van der Waals surface area contributed by atoms with Crippen molar-refractivity contribution in [3.8, 4) is 0 Å². The van der Waals surface area contributed by atoms with Gasteiger partial charge in [-0.05, 0) is 39.0 Å². The second-order valence-electron chi connectivity index (χ2n) is 7.17. The fourth-order valence-corrected chi connectivity index (χ4v) is 4.32. The summed E-state index contributed by atoms with van der Waals surface area (Å²) in [5.41, 5.74) is 0.0366. The number of carbonyl (C=O) groups is 2. The van der Waals surface area contributed by atoms with Crippen LogP contribution in [0.4, 0.5) is 24.0 Å². The van der Waals surface area contributed by atoms with Crippen LogP contribution in [0.25, 0.3) is 0 Å². The quantitative estimate of drug-likeness (QED) is 0.474. The largest absolute Gasteiger partial charge is 0.416 e. The number of amides is 2. The molecule has 8 nitrogen and oxygen atoms in total. The van der Waals surface area contributed by atoms with E-state index < -0.39 is 22.9 Å². The third-order valence-electron chi connectivity index (χ3n) is 4.63. The summed E-state index contributed by atoms with van der Waals surface area (Å²) in [6.07, 6.45) is -4.70. The molecule has 2 amide bonds. The number of nitrogens with zero attached hydrogens (tertiary/aromatic N) is 4. The zero-order chi connectivity index (χ0) is 24.3. The average Bonchev–Trinajstić information content (AvgIpc) is 3.22. The van der Waals surface area contributed by atoms with Gasteiger partial charge in [0.1, 0.15) is 5.82 Å². The van der Waals surface area contributed by atoms with E-state index in [-0.39, 0.29) is 18.0 Å². The van der Waals surface area contributed by atoms with Crippen LogP contribution in [-0.4, -0.2) is 36.8 Å². The minimum Gasteiger partial charge on any atom is -0.326 e. The summed E-state index contributed by atoms with van der Waals surface area (Å²) in [5, 5.41) is 13.6. The molecule has 13 heteroatoms. The van der Waals surface area contributed by atoms with Gasteiger partial charge in [0.05, 0.1) is 22.9 Å². The highest BCUT2D eigenvalue weighted by molar-refractivity contribution is 8.00. The van der Waals surface area contributed by atoms with Gasteiger partial charge < -0.3 is 15.2 Å². The predicted molar refractivity (Wildman–Crippen MR) is 120 cm³/mol. The van der Waals surface area contributed by atoms with Crippen LogP contribution >= 0.6 is 23.1 Å². The van der Waals surface area contributed by atoms with Gasteiger partial charge in [-0.25, -0.2) is 4.98 Å². The monoisotopic (exact) mass is 498 g/mol. The van der Waals surface area contributed by atoms with Gasteiger partial charge in [-0.1, -0.05) is 17.8 Å². The van der Waals surface area contributed by atoms with E-state index in [9.17, 15) is 22.8 Å². The Morgan fingerprint density at radius 3 is 2.58 bits per heavy atom. The first-order valence-corrected chi connectivity index (χ1v) is 11.4. The van der Waals surface area contributed by atoms with Crippen molar-refractivity contribution in [2.75, 3.05) is 10.6 Å². The molecule has 3 rings (SSSR count). The molecule has 1 aromatic carbocycles. The van der Waals surface area contributed by atoms with Crippen molar-refractivity contribution in [2.45, 2.75) is 43.8 Å². The van der Waals surface area contributed by atoms with Gasteiger partial charge in [-0.2, -0.15) is 13.2 Å². The fourth-order valence-electron chi connectivity index (χ4n) is 2.67. The summed E-state index contributed by atoms with van der Waals surface area (Å²) >= 11 is 2.55. The summed E-state index contributed by atoms with van der Waals surface area (Å²) in [7, 11) is 1.65. The number of thioether (sulfide) groups is 1. The molecule has 33 heavy (non-hydrogen) atoms. The Morgan fingerprint density at radius 1 is 1.21 bits per heavy atom. The minimum atomic E-state index is -4.50. The van der Waals surface area contributed by atoms with E-state index in [0.717, 1.165) is 34.5 Å². The molecule has 1 unspecified atom stereocenters. The average molecular weight is 499 g/mol. The summed E-state index contributed by atoms with van der Waals surface area (Å²) in [6.45, 7) is 5.50. The summed E-state index contributed by atoms with van der Waals surface area (Å²) in [5.74, 6) is -0.483. The lowest BCUT2D eigenvalue weighted by molar-refractivity contribution is -0.137. The number of hydrogen-bond acceptors (Lipinski definition) is 7. The highest BCUT2D eigenvalue weighted by Crippen LogP contribution is 2.31. The van der Waals surface area contributed by atoms with Crippen LogP contribution in [0.3, 0.4) is 0 Å². The number of rotatable bonds is 7. The van der Waals surface area contributed by atoms with Gasteiger partial charge in [-0.15, -0.1) is 21.5 Å². The Balaban J connectivity index is 1.60. The van der Waals surface area contributed by atoms with Crippen LogP contribution in [0, 0.1) is 13.8 Å². The summed E-state index contributed by atoms with van der Waals surface area (Å²) in [4.78, 5) is 30.1. The smallest absolute Gasteiger partial charge is 0.326 e. The topological polar surface area (TPSA) is 102 Å². The molecular formula is C20H21F3N6O2S2. The standard InChI is InChI=1S/C20H21F3N6O2S2/c1-10-11(2)32-18(24-10)26-17(31)12(3)33-19-28-27-15(29(19)4)9-16(30)25-14-7-5-6-13(8-14)20(21,22)23/h5-8,12H,9H2,1-4H3,(H,25,30)(H,24,26,31). The molecule has 0 aliphatic carbocycles. The molecule has 176 valence electrons. The summed E-state index contributed by atoms with van der Waals surface area (Å²) < 4.78 is 40.1. The highest BCUT2D eigenvalue weighted by atomic mass is 32.2. The molecular weight excluding hydrogens is 477 g/mol. The first-order valence-electron chi connectivity index (χ1n) is 9.71. The van der Waals surface area contributed by atoms with E-state index in [1.54, 1.807) is 18.5 Å². The number of thiazole rings is 1. The van der Waals surface area contributed by atoms with Crippen LogP contribution in [0.5, 0.6) is 0 Å². The molecule has 0 saturated carbocycles. The maximum Gasteiger partial charge on any atom is 0.416 e. The number of aryl methyl sites for hydroxylation is 2. The molecule has 0 spiro atoms. The Hall–Kier alpha value is -2.93. The van der Waals surface area contributed by atoms with Gasteiger partial charge in [0.25, 0.3) is 0 Å². The van der Waals surface area contributed by atoms with Gasteiger partial charge in [0, 0.05) is 17.6 Å². The SMILES string of the molecule is Cc1nc(NC(=O)C(C)Sc2nnc(CC(=O)Nc3cccc(C(F)(F)F)c3)n2C)sc1C. The maximum absolute atomic E-state index is 12.8. The first-order chi connectivity index (χ1) is 15.4. The number of carbonyl (C=O) groups excluding carboxylic acids is 2. The molecule has 2 heterocycles. The zero-order valence-electron chi connectivity index (χ0n) is 18.1. The number of anilines is 2. The molecule has 0 saturated heterocycles. The predicted octanol–water partition coefficient (Wildman–Crippen LogP) is 4.21. The van der Waals surface area contributed by atoms with Crippen molar-refractivity contribution < 1.29 is 22.8 Å². The van der Waals surface area contributed by atoms with E-state index in [4.69, 9.17) is 0 Å². The van der Waals surface area contributed by atoms with Crippen LogP contribution in [0.1, 0.15) is 28.9 Å². The molecule has 3 aromatic rings. The lowest BCUT2D eigenvalue weighted by Crippen LogP contribution is -2.23. The van der Waals surface area contributed by atoms with E-state index >= 15 is 0 Å². The Kier molecular flexibility index (Phi) is 7.42. The Bertz CT molecular complexity index is 1160. The highest BCUT2D eigenvalue weighted by Gasteiger charge is 2.30. The first kappa shape index (κ1) is 24.7. The van der Waals surface area contributed by atoms with Gasteiger partial charge in [-0.3, -0.25) is 9.59 Å². The van der Waals surface area contributed by atoms with Crippen molar-refractivity contribution in [3.05, 3.63) is 46.2 Å². The maximum atomic E-state index is 12.8. The van der Waals surface area contributed by atoms with E-state index in [2.05, 4.69) is 25.8 Å². The van der Waals surface area contributed by atoms with E-state index in [1.807, 2.05) is 13.8 Å². The van der Waals surface area contributed by atoms with Crippen molar-refractivity contribution in [2.24, 2.45) is 7.05 Å². The lowest BCUT2D eigenvalue weighted by atomic mass is 10.2. The van der Waals surface area contributed by atoms with E-state index in [1.165, 1.54) is 23.5 Å². The van der Waals surface area contributed by atoms with Crippen molar-refractivity contribution in [3.63, 3.8) is 0 Å². The van der Waals surface area contributed by atoms with Crippen molar-refractivity contribution in [1.82, 2.24) is 19.7 Å². The molecule has 0 aliphatic rings. The van der Waals surface area contributed by atoms with Crippen LogP contribution in [0.15, 0.2) is 29.4 Å². The third kappa shape index (κ3) is 6.32. The lowest BCUT2D eigenvalue weighted by Gasteiger charge is -2.11. The number of nitrogens with one attached hydrogen (secondary N) is 2. The van der Waals surface area contributed by atoms with Crippen LogP contribution in [-0.2, 0) is 29.2 Å². The number of benzene rings is 1. The molecule has 2 aromatic heterocycles. The van der Waals surface area contributed by atoms with Crippen molar-refractivity contribution in [1.29, 1.82) is 0 Å². The molecule has 0 bridgehead atoms. The zero-order valence-corrected chi connectivity index (χ0v) is 19.8. The molecule has 0 aliphatic heterocycles. The minimum absolute atomic E-state index is 0.0320. The Morgan fingerprint density at radius 2 is 1.94 bits per heavy atom. The second kappa shape index (κ2) is 9.91. The van der Waals surface area contributed by atoms with Crippen LogP contribution < -0.4 is 10.6 Å². The number of alkyl halides is 3. The van der Waals surface area contributed by atoms with Gasteiger partial charge >= 0.3 is 6.18 Å². The number of halogens is 3. The number of aromatic nitrogens is 4. The number of hydrogen-bond donors (Lipinski definition) is 2. The normalized spacial score (nSPS) is 12.5. The molecule has 2 N–H and O–H groups in total. The molecule has 0 fully saturated rings. The van der Waals surface area contributed by atoms with Crippen LogP contribution in [0.2, 0.25) is 0 Å². The third-order valence-corrected chi connectivity index (χ3v) is 6.75. The molecule has 1 atom stereocenters. The molecule has 0 radical (unpaired) electrons. The Labute approximate surface area is 196 Å². The summed E-state index contributed by atoms with van der Waals surface area (Å²) in [6, 6.07) is 4.38. The van der Waals surface area contributed by atoms with Gasteiger partial charge in [0.15, 0.2) is 10.3 Å². The second-order valence-corrected chi connectivity index (χ2v) is 9.68. The van der Waals surface area contributed by atoms with Crippen molar-refractivity contribution >= 4 is 45.7 Å². The van der Waals surface area contributed by atoms with E-state index in [0.29, 0.717) is 16.1 Å². The van der Waals surface area contributed by atoms with Gasteiger partial charge in [0.2, 0.25) is 11.8 Å². The fraction of sp³-hybridized carbons (Fsp3) is 0.350.